The van der Waals surface area contributed by atoms with Crippen LogP contribution < -0.4 is 0 Å². The number of hydrogen-bond acceptors (Lipinski definition) is 6. The van der Waals surface area contributed by atoms with E-state index in [2.05, 4.69) is 47.0 Å². The molecule has 7 heteroatoms. The minimum absolute atomic E-state index is 0.0554. The average molecular weight is 420 g/mol. The number of aromatic nitrogens is 3. The third-order valence-electron chi connectivity index (χ3n) is 5.88. The second kappa shape index (κ2) is 8.57. The minimum Gasteiger partial charge on any atom is -0.461 e. The van der Waals surface area contributed by atoms with Gasteiger partial charge in [0.2, 0.25) is 0 Å². The van der Waals surface area contributed by atoms with Gasteiger partial charge >= 0.3 is 5.97 Å². The molecule has 4 rings (SSSR count). The Labute approximate surface area is 175 Å². The van der Waals surface area contributed by atoms with Crippen molar-refractivity contribution >= 4 is 29.1 Å². The Morgan fingerprint density at radius 2 is 2.14 bits per heavy atom. The van der Waals surface area contributed by atoms with Crippen LogP contribution in [0.5, 0.6) is 0 Å². The lowest BCUT2D eigenvalue weighted by atomic mass is 9.75. The van der Waals surface area contributed by atoms with Gasteiger partial charge in [-0.25, -0.2) is 0 Å². The number of esters is 1. The van der Waals surface area contributed by atoms with E-state index in [9.17, 15) is 4.79 Å². The van der Waals surface area contributed by atoms with Crippen LogP contribution in [0.15, 0.2) is 22.7 Å². The van der Waals surface area contributed by atoms with Crippen LogP contribution in [0.2, 0.25) is 0 Å². The summed E-state index contributed by atoms with van der Waals surface area (Å²) in [6, 6.07) is 4.58. The number of carbonyl (C=O) groups excluding carboxylic acids is 1. The normalized spacial score (nSPS) is 25.2. The fourth-order valence-corrected chi connectivity index (χ4v) is 5.68. The first kappa shape index (κ1) is 20.0. The second-order valence-electron chi connectivity index (χ2n) is 8.53. The number of carbonyl (C=O) groups is 1. The average Bonchev–Trinajstić information content (AvgIpc) is 3.17. The fraction of sp³-hybridized carbons (Fsp3) is 0.667. The highest BCUT2D eigenvalue weighted by Crippen LogP contribution is 2.42. The molecule has 2 aliphatic carbocycles. The summed E-state index contributed by atoms with van der Waals surface area (Å²) in [4.78, 5) is 13.7. The number of ether oxygens (including phenoxy) is 1. The maximum atomic E-state index is 12.6. The highest BCUT2D eigenvalue weighted by Gasteiger charge is 2.34. The number of thiophene rings is 1. The maximum absolute atomic E-state index is 12.6. The van der Waals surface area contributed by atoms with Crippen molar-refractivity contribution in [3.63, 3.8) is 0 Å². The largest absolute Gasteiger partial charge is 0.461 e. The van der Waals surface area contributed by atoms with E-state index in [0.717, 1.165) is 41.5 Å². The van der Waals surface area contributed by atoms with E-state index in [1.165, 1.54) is 18.2 Å². The monoisotopic (exact) mass is 419 g/mol. The number of hydrogen-bond donors (Lipinski definition) is 0. The molecule has 2 aromatic rings. The molecule has 0 aromatic carbocycles. The van der Waals surface area contributed by atoms with Gasteiger partial charge in [-0.3, -0.25) is 9.36 Å². The number of nitrogens with zero attached hydrogens (tertiary/aromatic N) is 3. The van der Waals surface area contributed by atoms with E-state index in [4.69, 9.17) is 4.74 Å². The van der Waals surface area contributed by atoms with Crippen molar-refractivity contribution < 1.29 is 9.53 Å². The standard InChI is InChI=1S/C21H29N3O2S2/c1-13(2)16-9-6-14(3)11-17(16)26-19(25)12-28-21-23-22-20(18-5-4-10-27-18)24(21)15-7-8-15/h4-5,10,13-17H,6-9,11-12H2,1-3H3/t14-,16+,17-/m1/s1. The first-order valence-electron chi connectivity index (χ1n) is 10.3. The molecule has 0 spiro atoms. The molecule has 3 atom stereocenters. The molecule has 28 heavy (non-hydrogen) atoms. The van der Waals surface area contributed by atoms with Gasteiger partial charge in [-0.05, 0) is 54.9 Å². The number of rotatable bonds is 7. The van der Waals surface area contributed by atoms with Crippen molar-refractivity contribution in [2.24, 2.45) is 17.8 Å². The van der Waals surface area contributed by atoms with E-state index >= 15 is 0 Å². The van der Waals surface area contributed by atoms with Crippen molar-refractivity contribution in [1.29, 1.82) is 0 Å². The topological polar surface area (TPSA) is 57.0 Å². The van der Waals surface area contributed by atoms with Crippen molar-refractivity contribution in [1.82, 2.24) is 14.8 Å². The van der Waals surface area contributed by atoms with Gasteiger partial charge in [-0.1, -0.05) is 45.0 Å². The summed E-state index contributed by atoms with van der Waals surface area (Å²) in [6.45, 7) is 6.73. The number of thioether (sulfide) groups is 1. The zero-order chi connectivity index (χ0) is 19.7. The van der Waals surface area contributed by atoms with Crippen LogP contribution in [0.25, 0.3) is 10.7 Å². The summed E-state index contributed by atoms with van der Waals surface area (Å²) in [5.41, 5.74) is 0. The van der Waals surface area contributed by atoms with Crippen LogP contribution in [0.1, 0.15) is 58.9 Å². The van der Waals surface area contributed by atoms with E-state index in [1.807, 2.05) is 6.07 Å². The van der Waals surface area contributed by atoms with E-state index in [0.29, 0.717) is 29.5 Å². The van der Waals surface area contributed by atoms with E-state index < -0.39 is 0 Å². The summed E-state index contributed by atoms with van der Waals surface area (Å²) in [6.07, 6.45) is 5.75. The molecule has 0 N–H and O–H groups in total. The maximum Gasteiger partial charge on any atom is 0.316 e. The van der Waals surface area contributed by atoms with E-state index in [1.54, 1.807) is 11.3 Å². The second-order valence-corrected chi connectivity index (χ2v) is 10.4. The van der Waals surface area contributed by atoms with Crippen LogP contribution in [0, 0.1) is 17.8 Å². The molecule has 0 aliphatic heterocycles. The van der Waals surface area contributed by atoms with Crippen molar-refractivity contribution in [2.45, 2.75) is 70.2 Å². The Morgan fingerprint density at radius 3 is 2.82 bits per heavy atom. The van der Waals surface area contributed by atoms with Crippen molar-refractivity contribution in [2.75, 3.05) is 5.75 Å². The molecule has 2 aliphatic rings. The molecule has 2 aromatic heterocycles. The third-order valence-corrected chi connectivity index (χ3v) is 7.66. The van der Waals surface area contributed by atoms with E-state index in [-0.39, 0.29) is 12.1 Å². The van der Waals surface area contributed by atoms with Crippen LogP contribution in [0.4, 0.5) is 0 Å². The smallest absolute Gasteiger partial charge is 0.316 e. The third kappa shape index (κ3) is 4.46. The summed E-state index contributed by atoms with van der Waals surface area (Å²) in [5.74, 6) is 2.75. The van der Waals surface area contributed by atoms with Gasteiger partial charge in [0.05, 0.1) is 10.6 Å². The predicted molar refractivity (Wildman–Crippen MR) is 114 cm³/mol. The quantitative estimate of drug-likeness (QED) is 0.442. The Kier molecular flexibility index (Phi) is 6.11. The Hall–Kier alpha value is -1.34. The Morgan fingerprint density at radius 1 is 1.32 bits per heavy atom. The van der Waals surface area contributed by atoms with Crippen LogP contribution >= 0.6 is 23.1 Å². The highest BCUT2D eigenvalue weighted by atomic mass is 32.2. The van der Waals surface area contributed by atoms with Gasteiger partial charge in [0.15, 0.2) is 11.0 Å². The molecule has 0 amide bonds. The molecule has 5 nitrogen and oxygen atoms in total. The van der Waals surface area contributed by atoms with Crippen LogP contribution in [-0.4, -0.2) is 32.6 Å². The lowest BCUT2D eigenvalue weighted by Crippen LogP contribution is -2.36. The lowest BCUT2D eigenvalue weighted by molar-refractivity contribution is -0.152. The molecule has 152 valence electrons. The van der Waals surface area contributed by atoms with Crippen LogP contribution in [-0.2, 0) is 9.53 Å². The fourth-order valence-electron chi connectivity index (χ4n) is 4.19. The van der Waals surface area contributed by atoms with Gasteiger partial charge in [0, 0.05) is 6.04 Å². The molecule has 0 bridgehead atoms. The van der Waals surface area contributed by atoms with Crippen molar-refractivity contribution in [3.8, 4) is 10.7 Å². The molecule has 2 heterocycles. The summed E-state index contributed by atoms with van der Waals surface area (Å²) < 4.78 is 8.15. The highest BCUT2D eigenvalue weighted by molar-refractivity contribution is 7.99. The lowest BCUT2D eigenvalue weighted by Gasteiger charge is -2.36. The van der Waals surface area contributed by atoms with Gasteiger partial charge in [-0.15, -0.1) is 21.5 Å². The predicted octanol–water partition coefficient (Wildman–Crippen LogP) is 5.44. The molecule has 2 fully saturated rings. The molecular weight excluding hydrogens is 390 g/mol. The minimum atomic E-state index is -0.127. The summed E-state index contributed by atoms with van der Waals surface area (Å²) >= 11 is 3.14. The van der Waals surface area contributed by atoms with Crippen molar-refractivity contribution in [3.05, 3.63) is 17.5 Å². The van der Waals surface area contributed by atoms with Crippen LogP contribution in [0.3, 0.4) is 0 Å². The Bertz CT molecular complexity index is 799. The molecular formula is C21H29N3O2S2. The molecule has 2 saturated carbocycles. The summed E-state index contributed by atoms with van der Waals surface area (Å²) in [5, 5.41) is 11.7. The van der Waals surface area contributed by atoms with Gasteiger partial charge < -0.3 is 4.74 Å². The molecule has 0 radical (unpaired) electrons. The Balaban J connectivity index is 1.40. The SMILES string of the molecule is CC(C)[C@@H]1CC[C@@H](C)C[C@H]1OC(=O)CSc1nnc(-c2cccs2)n1C1CC1. The summed E-state index contributed by atoms with van der Waals surface area (Å²) in [7, 11) is 0. The molecule has 0 unspecified atom stereocenters. The van der Waals surface area contributed by atoms with Gasteiger partial charge in [0.1, 0.15) is 6.10 Å². The zero-order valence-corrected chi connectivity index (χ0v) is 18.5. The van der Waals surface area contributed by atoms with Gasteiger partial charge in [0.25, 0.3) is 0 Å². The molecule has 0 saturated heterocycles. The first-order valence-corrected chi connectivity index (χ1v) is 12.2. The first-order chi connectivity index (χ1) is 13.5. The zero-order valence-electron chi connectivity index (χ0n) is 16.8. The van der Waals surface area contributed by atoms with Gasteiger partial charge in [-0.2, -0.15) is 0 Å².